The zero-order chi connectivity index (χ0) is 17.5. The second-order valence-electron chi connectivity index (χ2n) is 4.88. The molecule has 0 atom stereocenters. The number of aromatic amines is 1. The molecule has 0 saturated carbocycles. The van der Waals surface area contributed by atoms with Gasteiger partial charge in [-0.25, -0.2) is 8.42 Å². The maximum Gasteiger partial charge on any atom is 0.269 e. The van der Waals surface area contributed by atoms with Crippen LogP contribution in [0.1, 0.15) is 10.5 Å². The number of carbonyl (C=O) groups excluding carboxylic acids is 1. The second kappa shape index (κ2) is 5.97. The number of fused-ring (bicyclic) bond motifs is 1. The van der Waals surface area contributed by atoms with E-state index in [9.17, 15) is 13.2 Å². The van der Waals surface area contributed by atoms with Crippen molar-refractivity contribution < 1.29 is 13.2 Å². The monoisotopic (exact) mass is 384 g/mol. The lowest BCUT2D eigenvalue weighted by molar-refractivity contribution is 0.0997. The van der Waals surface area contributed by atoms with Gasteiger partial charge < -0.3 is 5.73 Å². The number of halogens is 2. The van der Waals surface area contributed by atoms with E-state index >= 15 is 0 Å². The molecule has 0 aliphatic heterocycles. The summed E-state index contributed by atoms with van der Waals surface area (Å²) in [7, 11) is -3.88. The van der Waals surface area contributed by atoms with E-state index in [-0.39, 0.29) is 26.3 Å². The summed E-state index contributed by atoms with van der Waals surface area (Å²) in [6.07, 6.45) is 0. The number of amides is 1. The molecule has 1 aromatic heterocycles. The summed E-state index contributed by atoms with van der Waals surface area (Å²) in [5, 5.41) is 7.24. The molecule has 124 valence electrons. The van der Waals surface area contributed by atoms with Gasteiger partial charge in [0.15, 0.2) is 5.69 Å². The lowest BCUT2D eigenvalue weighted by Crippen LogP contribution is -2.13. The third-order valence-corrected chi connectivity index (χ3v) is 5.37. The Kier molecular flexibility index (Phi) is 4.12. The molecule has 0 unspecified atom stereocenters. The number of rotatable bonds is 4. The van der Waals surface area contributed by atoms with Crippen molar-refractivity contribution in [1.82, 2.24) is 10.2 Å². The Morgan fingerprint density at radius 2 is 1.88 bits per heavy atom. The molecule has 1 heterocycles. The van der Waals surface area contributed by atoms with Gasteiger partial charge >= 0.3 is 0 Å². The van der Waals surface area contributed by atoms with Crippen LogP contribution in [-0.4, -0.2) is 24.5 Å². The Bertz CT molecular complexity index is 1060. The van der Waals surface area contributed by atoms with Gasteiger partial charge in [0, 0.05) is 11.1 Å². The van der Waals surface area contributed by atoms with Gasteiger partial charge in [0.05, 0.1) is 20.5 Å². The first kappa shape index (κ1) is 16.6. The maximum absolute atomic E-state index is 12.4. The molecule has 3 rings (SSSR count). The number of carbonyl (C=O) groups is 1. The van der Waals surface area contributed by atoms with Gasteiger partial charge in [-0.1, -0.05) is 23.2 Å². The summed E-state index contributed by atoms with van der Waals surface area (Å²) in [5.74, 6) is -0.717. The predicted molar refractivity (Wildman–Crippen MR) is 91.9 cm³/mol. The summed E-state index contributed by atoms with van der Waals surface area (Å²) >= 11 is 11.6. The first-order valence-electron chi connectivity index (χ1n) is 6.54. The number of sulfonamides is 1. The number of aromatic nitrogens is 2. The minimum Gasteiger partial charge on any atom is -0.364 e. The standard InChI is InChI=1S/C14H10Cl2N4O3S/c15-10-3-2-8(6-11(10)16)24(22,23)20-7-1-4-12-9(5-7)13(14(17)21)19-18-12/h1-6,20H,(H2,17,21)(H,18,19). The van der Waals surface area contributed by atoms with Gasteiger partial charge in [0.25, 0.3) is 15.9 Å². The van der Waals surface area contributed by atoms with Gasteiger partial charge in [-0.3, -0.25) is 14.6 Å². The number of anilines is 1. The van der Waals surface area contributed by atoms with Crippen molar-refractivity contribution in [2.24, 2.45) is 5.73 Å². The Hall–Kier alpha value is -2.29. The zero-order valence-electron chi connectivity index (χ0n) is 11.9. The molecule has 0 aliphatic rings. The highest BCUT2D eigenvalue weighted by atomic mass is 35.5. The minimum absolute atomic E-state index is 0.0283. The quantitative estimate of drug-likeness (QED) is 0.640. The Morgan fingerprint density at radius 1 is 1.12 bits per heavy atom. The molecule has 2 aromatic carbocycles. The Balaban J connectivity index is 2.00. The van der Waals surface area contributed by atoms with Crippen molar-refractivity contribution in [2.45, 2.75) is 4.90 Å². The van der Waals surface area contributed by atoms with Crippen LogP contribution in [-0.2, 0) is 10.0 Å². The van der Waals surface area contributed by atoms with E-state index in [1.165, 1.54) is 30.3 Å². The smallest absolute Gasteiger partial charge is 0.269 e. The van der Waals surface area contributed by atoms with Crippen molar-refractivity contribution in [1.29, 1.82) is 0 Å². The Morgan fingerprint density at radius 3 is 2.54 bits per heavy atom. The van der Waals surface area contributed by atoms with E-state index in [0.29, 0.717) is 10.9 Å². The maximum atomic E-state index is 12.4. The minimum atomic E-state index is -3.88. The first-order chi connectivity index (χ1) is 11.3. The van der Waals surface area contributed by atoms with Gasteiger partial charge in [-0.2, -0.15) is 5.10 Å². The highest BCUT2D eigenvalue weighted by molar-refractivity contribution is 7.92. The fraction of sp³-hybridized carbons (Fsp3) is 0. The molecule has 3 aromatic rings. The van der Waals surface area contributed by atoms with Crippen LogP contribution in [0.15, 0.2) is 41.3 Å². The van der Waals surface area contributed by atoms with E-state index in [1.54, 1.807) is 6.07 Å². The molecule has 0 radical (unpaired) electrons. The molecule has 7 nitrogen and oxygen atoms in total. The van der Waals surface area contributed by atoms with Crippen LogP contribution < -0.4 is 10.5 Å². The molecule has 0 fully saturated rings. The van der Waals surface area contributed by atoms with E-state index < -0.39 is 15.9 Å². The number of hydrogen-bond acceptors (Lipinski definition) is 4. The van der Waals surface area contributed by atoms with Crippen LogP contribution >= 0.6 is 23.2 Å². The molecule has 0 aliphatic carbocycles. The van der Waals surface area contributed by atoms with Gasteiger partial charge in [0.2, 0.25) is 0 Å². The number of nitrogens with one attached hydrogen (secondary N) is 2. The summed E-state index contributed by atoms with van der Waals surface area (Å²) in [6, 6.07) is 8.55. The van der Waals surface area contributed by atoms with Crippen molar-refractivity contribution in [3.63, 3.8) is 0 Å². The molecule has 1 amide bonds. The number of H-pyrrole nitrogens is 1. The predicted octanol–water partition coefficient (Wildman–Crippen LogP) is 2.77. The molecule has 0 bridgehead atoms. The van der Waals surface area contributed by atoms with Crippen LogP contribution in [0.25, 0.3) is 10.9 Å². The van der Waals surface area contributed by atoms with Gasteiger partial charge in [0.1, 0.15) is 0 Å². The topological polar surface area (TPSA) is 118 Å². The molecular weight excluding hydrogens is 375 g/mol. The van der Waals surface area contributed by atoms with E-state index in [2.05, 4.69) is 14.9 Å². The largest absolute Gasteiger partial charge is 0.364 e. The second-order valence-corrected chi connectivity index (χ2v) is 7.38. The third-order valence-electron chi connectivity index (χ3n) is 3.25. The van der Waals surface area contributed by atoms with E-state index in [1.807, 2.05) is 0 Å². The lowest BCUT2D eigenvalue weighted by Gasteiger charge is -2.09. The van der Waals surface area contributed by atoms with Crippen molar-refractivity contribution in [3.05, 3.63) is 52.1 Å². The SMILES string of the molecule is NC(=O)c1n[nH]c2ccc(NS(=O)(=O)c3ccc(Cl)c(Cl)c3)cc12. The number of benzene rings is 2. The number of nitrogens with two attached hydrogens (primary N) is 1. The van der Waals surface area contributed by atoms with E-state index in [4.69, 9.17) is 28.9 Å². The summed E-state index contributed by atoms with van der Waals surface area (Å²) < 4.78 is 27.3. The summed E-state index contributed by atoms with van der Waals surface area (Å²) in [4.78, 5) is 11.3. The van der Waals surface area contributed by atoms with Crippen LogP contribution in [0.4, 0.5) is 5.69 Å². The van der Waals surface area contributed by atoms with Crippen LogP contribution in [0.5, 0.6) is 0 Å². The summed E-state index contributed by atoms with van der Waals surface area (Å²) in [5.41, 5.74) is 6.07. The third kappa shape index (κ3) is 3.03. The molecule has 4 N–H and O–H groups in total. The van der Waals surface area contributed by atoms with E-state index in [0.717, 1.165) is 0 Å². The van der Waals surface area contributed by atoms with Gasteiger partial charge in [-0.15, -0.1) is 0 Å². The molecular formula is C14H10Cl2N4O3S. The first-order valence-corrected chi connectivity index (χ1v) is 8.77. The van der Waals surface area contributed by atoms with Crippen LogP contribution in [0.2, 0.25) is 10.0 Å². The highest BCUT2D eigenvalue weighted by Crippen LogP contribution is 2.27. The van der Waals surface area contributed by atoms with Gasteiger partial charge in [-0.05, 0) is 36.4 Å². The fourth-order valence-electron chi connectivity index (χ4n) is 2.12. The van der Waals surface area contributed by atoms with Crippen LogP contribution in [0, 0.1) is 0 Å². The van der Waals surface area contributed by atoms with Crippen LogP contribution in [0.3, 0.4) is 0 Å². The lowest BCUT2D eigenvalue weighted by atomic mass is 10.2. The zero-order valence-corrected chi connectivity index (χ0v) is 14.2. The molecule has 24 heavy (non-hydrogen) atoms. The summed E-state index contributed by atoms with van der Waals surface area (Å²) in [6.45, 7) is 0. The molecule has 0 saturated heterocycles. The molecule has 0 spiro atoms. The Labute approximate surface area is 146 Å². The van der Waals surface area contributed by atoms with Crippen molar-refractivity contribution in [2.75, 3.05) is 4.72 Å². The van der Waals surface area contributed by atoms with Crippen molar-refractivity contribution >= 4 is 55.7 Å². The number of hydrogen-bond donors (Lipinski definition) is 3. The average molecular weight is 385 g/mol. The van der Waals surface area contributed by atoms with Crippen molar-refractivity contribution in [3.8, 4) is 0 Å². The number of primary amides is 1. The normalized spacial score (nSPS) is 11.6. The fourth-order valence-corrected chi connectivity index (χ4v) is 3.56. The highest BCUT2D eigenvalue weighted by Gasteiger charge is 2.17. The average Bonchev–Trinajstić information content (AvgIpc) is 2.92. The number of nitrogens with zero attached hydrogens (tertiary/aromatic N) is 1. The molecule has 10 heteroatoms.